The Labute approximate surface area is 183 Å². The third-order valence-corrected chi connectivity index (χ3v) is 7.38. The summed E-state index contributed by atoms with van der Waals surface area (Å²) in [6.07, 6.45) is 5.86. The largest absolute Gasteiger partial charge is 0.339 e. The van der Waals surface area contributed by atoms with E-state index in [1.165, 1.54) is 35.3 Å². The van der Waals surface area contributed by atoms with Gasteiger partial charge in [-0.15, -0.1) is 11.3 Å². The van der Waals surface area contributed by atoms with Crippen LogP contribution in [-0.2, 0) is 24.2 Å². The number of thiophene rings is 1. The summed E-state index contributed by atoms with van der Waals surface area (Å²) in [5.41, 5.74) is 2.65. The van der Waals surface area contributed by atoms with Gasteiger partial charge in [0.1, 0.15) is 0 Å². The van der Waals surface area contributed by atoms with Crippen molar-refractivity contribution in [1.29, 1.82) is 0 Å². The highest BCUT2D eigenvalue weighted by molar-refractivity contribution is 7.14. The van der Waals surface area contributed by atoms with Crippen molar-refractivity contribution >= 4 is 23.2 Å². The van der Waals surface area contributed by atoms with Crippen LogP contribution in [-0.4, -0.2) is 66.3 Å². The first-order valence-electron chi connectivity index (χ1n) is 11.0. The lowest BCUT2D eigenvalue weighted by Gasteiger charge is -2.35. The maximum absolute atomic E-state index is 12.9. The minimum absolute atomic E-state index is 0.0239. The van der Waals surface area contributed by atoms with Crippen molar-refractivity contribution in [3.63, 3.8) is 0 Å². The highest BCUT2D eigenvalue weighted by Crippen LogP contribution is 2.29. The molecular formula is C24H31N3O2S. The predicted octanol–water partition coefficient (Wildman–Crippen LogP) is 3.43. The van der Waals surface area contributed by atoms with Crippen molar-refractivity contribution in [2.45, 2.75) is 38.6 Å². The lowest BCUT2D eigenvalue weighted by Crippen LogP contribution is -2.51. The molecule has 0 atom stereocenters. The van der Waals surface area contributed by atoms with Gasteiger partial charge < -0.3 is 9.80 Å². The molecule has 5 nitrogen and oxygen atoms in total. The Morgan fingerprint density at radius 2 is 1.73 bits per heavy atom. The Bertz CT molecular complexity index is 848. The first kappa shape index (κ1) is 21.1. The molecule has 6 heteroatoms. The second-order valence-corrected chi connectivity index (χ2v) is 9.56. The maximum Gasteiger partial charge on any atom is 0.264 e. The SMILES string of the molecule is CN(CC(=O)N1CCN(Cc2ccccc2)CC1)C(=O)c1cc2c(s1)CCCCC2. The van der Waals surface area contributed by atoms with Crippen molar-refractivity contribution in [2.24, 2.45) is 0 Å². The van der Waals surface area contributed by atoms with Gasteiger partial charge in [0.25, 0.3) is 5.91 Å². The summed E-state index contributed by atoms with van der Waals surface area (Å²) in [4.78, 5) is 33.7. The van der Waals surface area contributed by atoms with Crippen LogP contribution < -0.4 is 0 Å². The summed E-state index contributed by atoms with van der Waals surface area (Å²) in [6.45, 7) is 4.26. The van der Waals surface area contributed by atoms with Gasteiger partial charge in [-0.1, -0.05) is 36.8 Å². The Morgan fingerprint density at radius 3 is 2.50 bits per heavy atom. The minimum atomic E-state index is -0.0239. The highest BCUT2D eigenvalue weighted by atomic mass is 32.1. The van der Waals surface area contributed by atoms with Crippen molar-refractivity contribution < 1.29 is 9.59 Å². The molecule has 1 aliphatic heterocycles. The molecule has 30 heavy (non-hydrogen) atoms. The van der Waals surface area contributed by atoms with E-state index >= 15 is 0 Å². The van der Waals surface area contributed by atoms with Crippen LogP contribution >= 0.6 is 11.3 Å². The molecule has 1 saturated heterocycles. The van der Waals surface area contributed by atoms with E-state index in [1.54, 1.807) is 23.3 Å². The fourth-order valence-corrected chi connectivity index (χ4v) is 5.58. The van der Waals surface area contributed by atoms with Gasteiger partial charge in [-0.2, -0.15) is 0 Å². The maximum atomic E-state index is 12.9. The topological polar surface area (TPSA) is 43.9 Å². The van der Waals surface area contributed by atoms with Gasteiger partial charge in [-0.05, 0) is 42.9 Å². The Kier molecular flexibility index (Phi) is 6.85. The summed E-state index contributed by atoms with van der Waals surface area (Å²) < 4.78 is 0. The number of piperazine rings is 1. The van der Waals surface area contributed by atoms with Gasteiger partial charge in [0, 0.05) is 44.6 Å². The summed E-state index contributed by atoms with van der Waals surface area (Å²) in [6, 6.07) is 12.5. The molecule has 0 unspecified atom stereocenters. The van der Waals surface area contributed by atoms with Crippen molar-refractivity contribution in [3.05, 3.63) is 57.3 Å². The number of fused-ring (bicyclic) bond motifs is 1. The molecule has 0 saturated carbocycles. The zero-order valence-electron chi connectivity index (χ0n) is 17.8. The molecule has 2 aliphatic rings. The standard InChI is InChI=1S/C24H31N3O2S/c1-25(24(29)22-16-20-10-6-3-7-11-21(20)30-22)18-23(28)27-14-12-26(13-15-27)17-19-8-4-2-5-9-19/h2,4-5,8-9,16H,3,6-7,10-15,17-18H2,1H3. The molecule has 0 spiro atoms. The molecule has 1 aromatic heterocycles. The van der Waals surface area contributed by atoms with Gasteiger partial charge >= 0.3 is 0 Å². The number of amides is 2. The molecule has 0 bridgehead atoms. The first-order chi connectivity index (χ1) is 14.6. The average molecular weight is 426 g/mol. The summed E-state index contributed by atoms with van der Waals surface area (Å²) in [5.74, 6) is 0.0208. The Morgan fingerprint density at radius 1 is 1.00 bits per heavy atom. The van der Waals surface area contributed by atoms with Gasteiger partial charge in [-0.25, -0.2) is 0 Å². The first-order valence-corrected chi connectivity index (χ1v) is 11.8. The molecule has 2 heterocycles. The van der Waals surface area contributed by atoms with Crippen LogP contribution in [0.2, 0.25) is 0 Å². The van der Waals surface area contributed by atoms with E-state index in [4.69, 9.17) is 0 Å². The van der Waals surface area contributed by atoms with Crippen molar-refractivity contribution in [2.75, 3.05) is 39.8 Å². The fraction of sp³-hybridized carbons (Fsp3) is 0.500. The average Bonchev–Trinajstić information content (AvgIpc) is 3.04. The number of hydrogen-bond acceptors (Lipinski definition) is 4. The van der Waals surface area contributed by atoms with E-state index in [2.05, 4.69) is 35.2 Å². The zero-order valence-corrected chi connectivity index (χ0v) is 18.6. The third kappa shape index (κ3) is 5.10. The fourth-order valence-electron chi connectivity index (χ4n) is 4.33. The second-order valence-electron chi connectivity index (χ2n) is 8.42. The van der Waals surface area contributed by atoms with Crippen LogP contribution in [0.25, 0.3) is 0 Å². The van der Waals surface area contributed by atoms with E-state index < -0.39 is 0 Å². The highest BCUT2D eigenvalue weighted by Gasteiger charge is 2.25. The van der Waals surface area contributed by atoms with Crippen LogP contribution in [0.5, 0.6) is 0 Å². The zero-order chi connectivity index (χ0) is 20.9. The molecule has 160 valence electrons. The summed E-state index contributed by atoms with van der Waals surface area (Å²) >= 11 is 1.63. The summed E-state index contributed by atoms with van der Waals surface area (Å²) in [5, 5.41) is 0. The summed E-state index contributed by atoms with van der Waals surface area (Å²) in [7, 11) is 1.75. The number of likely N-dealkylation sites (N-methyl/N-ethyl adjacent to an activating group) is 1. The predicted molar refractivity (Wildman–Crippen MR) is 121 cm³/mol. The number of hydrogen-bond donors (Lipinski definition) is 0. The molecule has 1 aromatic carbocycles. The van der Waals surface area contributed by atoms with Gasteiger partial charge in [0.15, 0.2) is 0 Å². The molecule has 1 aliphatic carbocycles. The van der Waals surface area contributed by atoms with Gasteiger partial charge in [0.05, 0.1) is 11.4 Å². The van der Waals surface area contributed by atoms with E-state index in [-0.39, 0.29) is 18.4 Å². The molecule has 2 aromatic rings. The van der Waals surface area contributed by atoms with Crippen LogP contribution in [0.15, 0.2) is 36.4 Å². The number of carbonyl (C=O) groups excluding carboxylic acids is 2. The molecular weight excluding hydrogens is 394 g/mol. The van der Waals surface area contributed by atoms with Gasteiger partial charge in [-0.3, -0.25) is 14.5 Å². The smallest absolute Gasteiger partial charge is 0.264 e. The Hall–Kier alpha value is -2.18. The normalized spacial score (nSPS) is 17.3. The molecule has 1 fully saturated rings. The number of benzene rings is 1. The van der Waals surface area contributed by atoms with Gasteiger partial charge in [0.2, 0.25) is 5.91 Å². The molecule has 0 radical (unpaired) electrons. The van der Waals surface area contributed by atoms with E-state index in [0.29, 0.717) is 0 Å². The van der Waals surface area contributed by atoms with Crippen LogP contribution in [0.1, 0.15) is 44.9 Å². The molecule has 4 rings (SSSR count). The number of nitrogens with zero attached hydrogens (tertiary/aromatic N) is 3. The van der Waals surface area contributed by atoms with E-state index in [1.807, 2.05) is 11.0 Å². The molecule has 0 N–H and O–H groups in total. The van der Waals surface area contributed by atoms with Crippen molar-refractivity contribution in [1.82, 2.24) is 14.7 Å². The minimum Gasteiger partial charge on any atom is -0.339 e. The Balaban J connectivity index is 1.27. The second kappa shape index (κ2) is 9.75. The van der Waals surface area contributed by atoms with Crippen molar-refractivity contribution in [3.8, 4) is 0 Å². The van der Waals surface area contributed by atoms with Crippen LogP contribution in [0.4, 0.5) is 0 Å². The third-order valence-electron chi connectivity index (χ3n) is 6.15. The number of carbonyl (C=O) groups is 2. The lowest BCUT2D eigenvalue weighted by molar-refractivity contribution is -0.133. The lowest BCUT2D eigenvalue weighted by atomic mass is 10.1. The monoisotopic (exact) mass is 425 g/mol. The van der Waals surface area contributed by atoms with Crippen LogP contribution in [0, 0.1) is 0 Å². The number of aryl methyl sites for hydroxylation is 2. The quantitative estimate of drug-likeness (QED) is 0.690. The van der Waals surface area contributed by atoms with E-state index in [9.17, 15) is 9.59 Å². The number of rotatable bonds is 5. The molecule has 2 amide bonds. The van der Waals surface area contributed by atoms with E-state index in [0.717, 1.165) is 50.4 Å². The van der Waals surface area contributed by atoms with Crippen LogP contribution in [0.3, 0.4) is 0 Å².